The van der Waals surface area contributed by atoms with E-state index in [9.17, 15) is 14.7 Å². The van der Waals surface area contributed by atoms with Crippen LogP contribution in [-0.2, 0) is 11.3 Å². The maximum atomic E-state index is 12.1. The van der Waals surface area contributed by atoms with Crippen molar-refractivity contribution < 1.29 is 19.4 Å². The van der Waals surface area contributed by atoms with Crippen molar-refractivity contribution in [2.45, 2.75) is 18.6 Å². The molecule has 0 spiro atoms. The monoisotopic (exact) mass is 439 g/mol. The zero-order chi connectivity index (χ0) is 22.2. The summed E-state index contributed by atoms with van der Waals surface area (Å²) < 4.78 is 7.10. The van der Waals surface area contributed by atoms with Crippen molar-refractivity contribution in [1.29, 1.82) is 0 Å². The summed E-state index contributed by atoms with van der Waals surface area (Å²) in [6.45, 7) is 2.62. The molecule has 0 aliphatic heterocycles. The second-order valence-corrected chi connectivity index (χ2v) is 7.20. The number of ether oxygens (including phenoxy) is 1. The standard InChI is InChI=1S/C21H21N5O4S/c1-3-26-19(14-8-10-16(30-2)11-9-14)24-25-21(26)31-13-18(27)23-22-12-15-6-4-5-7-17(15)20(28)29/h4-12H,3,13H2,1-2H3,(H,23,27)(H,28,29). The molecule has 160 valence electrons. The Morgan fingerprint density at radius 3 is 2.61 bits per heavy atom. The van der Waals surface area contributed by atoms with Crippen LogP contribution in [0.2, 0.25) is 0 Å². The minimum atomic E-state index is -1.06. The molecule has 0 fully saturated rings. The third kappa shape index (κ3) is 5.48. The van der Waals surface area contributed by atoms with Crippen molar-refractivity contribution in [3.63, 3.8) is 0 Å². The van der Waals surface area contributed by atoms with Gasteiger partial charge < -0.3 is 14.4 Å². The van der Waals surface area contributed by atoms with Gasteiger partial charge in [0.15, 0.2) is 11.0 Å². The predicted molar refractivity (Wildman–Crippen MR) is 118 cm³/mol. The number of aromatic carboxylic acids is 1. The number of carboxylic acid groups (broad SMARTS) is 1. The summed E-state index contributed by atoms with van der Waals surface area (Å²) in [6, 6.07) is 13.9. The van der Waals surface area contributed by atoms with E-state index in [2.05, 4.69) is 20.7 Å². The molecule has 0 unspecified atom stereocenters. The number of aromatic nitrogens is 3. The Balaban J connectivity index is 1.61. The van der Waals surface area contributed by atoms with Crippen LogP contribution in [0.5, 0.6) is 5.75 Å². The van der Waals surface area contributed by atoms with E-state index in [0.717, 1.165) is 11.3 Å². The van der Waals surface area contributed by atoms with Gasteiger partial charge in [-0.1, -0.05) is 30.0 Å². The molecule has 1 amide bonds. The summed E-state index contributed by atoms with van der Waals surface area (Å²) in [5, 5.41) is 22.1. The molecule has 3 aromatic rings. The van der Waals surface area contributed by atoms with Gasteiger partial charge in [-0.25, -0.2) is 10.2 Å². The molecular weight excluding hydrogens is 418 g/mol. The van der Waals surface area contributed by atoms with E-state index in [1.54, 1.807) is 25.3 Å². The second kappa shape index (κ2) is 10.4. The topological polar surface area (TPSA) is 119 Å². The number of carbonyl (C=O) groups excluding carboxylic acids is 1. The Bertz CT molecular complexity index is 1100. The number of carbonyl (C=O) groups is 2. The van der Waals surface area contributed by atoms with Crippen LogP contribution in [0, 0.1) is 0 Å². The number of nitrogens with zero attached hydrogens (tertiary/aromatic N) is 4. The smallest absolute Gasteiger partial charge is 0.336 e. The molecule has 2 aromatic carbocycles. The van der Waals surface area contributed by atoms with Gasteiger partial charge in [0.2, 0.25) is 0 Å². The Kier molecular flexibility index (Phi) is 7.39. The number of carboxylic acids is 1. The number of hydrazone groups is 1. The molecule has 0 aliphatic rings. The highest BCUT2D eigenvalue weighted by atomic mass is 32.2. The average Bonchev–Trinajstić information content (AvgIpc) is 3.21. The number of amides is 1. The molecule has 0 radical (unpaired) electrons. The second-order valence-electron chi connectivity index (χ2n) is 6.25. The quantitative estimate of drug-likeness (QED) is 0.299. The van der Waals surface area contributed by atoms with Crippen LogP contribution in [0.25, 0.3) is 11.4 Å². The Morgan fingerprint density at radius 1 is 1.19 bits per heavy atom. The van der Waals surface area contributed by atoms with Gasteiger partial charge in [-0.15, -0.1) is 10.2 Å². The first-order valence-corrected chi connectivity index (χ1v) is 10.4. The molecule has 1 aromatic heterocycles. The average molecular weight is 439 g/mol. The summed E-state index contributed by atoms with van der Waals surface area (Å²) >= 11 is 1.24. The van der Waals surface area contributed by atoms with E-state index >= 15 is 0 Å². The minimum Gasteiger partial charge on any atom is -0.497 e. The van der Waals surface area contributed by atoms with Gasteiger partial charge in [0, 0.05) is 17.7 Å². The highest BCUT2D eigenvalue weighted by Crippen LogP contribution is 2.25. The van der Waals surface area contributed by atoms with Crippen molar-refractivity contribution in [1.82, 2.24) is 20.2 Å². The summed E-state index contributed by atoms with van der Waals surface area (Å²) in [5.41, 5.74) is 3.81. The van der Waals surface area contributed by atoms with E-state index in [0.29, 0.717) is 23.1 Å². The molecule has 2 N–H and O–H groups in total. The van der Waals surface area contributed by atoms with Crippen LogP contribution >= 0.6 is 11.8 Å². The van der Waals surface area contributed by atoms with Crippen LogP contribution in [-0.4, -0.2) is 50.8 Å². The van der Waals surface area contributed by atoms with Crippen LogP contribution in [0.1, 0.15) is 22.8 Å². The highest BCUT2D eigenvalue weighted by molar-refractivity contribution is 7.99. The van der Waals surface area contributed by atoms with E-state index in [1.807, 2.05) is 35.8 Å². The number of hydrogen-bond acceptors (Lipinski definition) is 7. The number of thioether (sulfide) groups is 1. The molecule has 0 aliphatic carbocycles. The molecule has 1 heterocycles. The van der Waals surface area contributed by atoms with Crippen LogP contribution in [0.15, 0.2) is 58.8 Å². The number of benzene rings is 2. The van der Waals surface area contributed by atoms with Gasteiger partial charge in [0.1, 0.15) is 5.75 Å². The van der Waals surface area contributed by atoms with E-state index in [1.165, 1.54) is 24.0 Å². The highest BCUT2D eigenvalue weighted by Gasteiger charge is 2.14. The van der Waals surface area contributed by atoms with E-state index in [-0.39, 0.29) is 17.2 Å². The summed E-state index contributed by atoms with van der Waals surface area (Å²) in [7, 11) is 1.61. The lowest BCUT2D eigenvalue weighted by molar-refractivity contribution is -0.118. The molecule has 9 nitrogen and oxygen atoms in total. The van der Waals surface area contributed by atoms with Gasteiger partial charge in [-0.2, -0.15) is 5.10 Å². The molecular formula is C21H21N5O4S. The molecule has 0 saturated carbocycles. The number of hydrogen-bond donors (Lipinski definition) is 2. The largest absolute Gasteiger partial charge is 0.497 e. The Labute approximate surface area is 183 Å². The first kappa shape index (κ1) is 22.0. The van der Waals surface area contributed by atoms with E-state index in [4.69, 9.17) is 4.74 Å². The number of rotatable bonds is 9. The lowest BCUT2D eigenvalue weighted by Gasteiger charge is -2.07. The molecule has 0 bridgehead atoms. The van der Waals surface area contributed by atoms with Crippen molar-refractivity contribution in [3.8, 4) is 17.1 Å². The summed E-state index contributed by atoms with van der Waals surface area (Å²) in [6.07, 6.45) is 1.31. The lowest BCUT2D eigenvalue weighted by Crippen LogP contribution is -2.20. The van der Waals surface area contributed by atoms with Gasteiger partial charge in [-0.05, 0) is 37.3 Å². The van der Waals surface area contributed by atoms with Crippen molar-refractivity contribution in [3.05, 3.63) is 59.7 Å². The third-order valence-electron chi connectivity index (χ3n) is 4.30. The van der Waals surface area contributed by atoms with E-state index < -0.39 is 5.97 Å². The molecule has 3 rings (SSSR count). The Hall–Kier alpha value is -3.66. The maximum Gasteiger partial charge on any atom is 0.336 e. The number of nitrogens with one attached hydrogen (secondary N) is 1. The van der Waals surface area contributed by atoms with Gasteiger partial charge >= 0.3 is 5.97 Å². The minimum absolute atomic E-state index is 0.0820. The molecule has 0 atom stereocenters. The molecule has 0 saturated heterocycles. The van der Waals surface area contributed by atoms with Crippen LogP contribution in [0.4, 0.5) is 0 Å². The first-order valence-electron chi connectivity index (χ1n) is 9.38. The van der Waals surface area contributed by atoms with Crippen molar-refractivity contribution in [2.75, 3.05) is 12.9 Å². The fourth-order valence-electron chi connectivity index (χ4n) is 2.77. The van der Waals surface area contributed by atoms with Crippen molar-refractivity contribution in [2.24, 2.45) is 5.10 Å². The van der Waals surface area contributed by atoms with Gasteiger partial charge in [0.05, 0.1) is 24.6 Å². The summed E-state index contributed by atoms with van der Waals surface area (Å²) in [5.74, 6) is 0.139. The Morgan fingerprint density at radius 2 is 1.94 bits per heavy atom. The van der Waals surface area contributed by atoms with Crippen LogP contribution in [0.3, 0.4) is 0 Å². The fourth-order valence-corrected chi connectivity index (χ4v) is 3.57. The first-order chi connectivity index (χ1) is 15.0. The predicted octanol–water partition coefficient (Wildman–Crippen LogP) is 2.91. The molecule has 10 heteroatoms. The van der Waals surface area contributed by atoms with Gasteiger partial charge in [0.25, 0.3) is 5.91 Å². The fraction of sp³-hybridized carbons (Fsp3) is 0.190. The molecule has 31 heavy (non-hydrogen) atoms. The SMILES string of the molecule is CCn1c(SCC(=O)NN=Cc2ccccc2C(=O)O)nnc1-c1ccc(OC)cc1. The summed E-state index contributed by atoms with van der Waals surface area (Å²) in [4.78, 5) is 23.3. The normalized spacial score (nSPS) is 10.9. The van der Waals surface area contributed by atoms with Crippen LogP contribution < -0.4 is 10.2 Å². The van der Waals surface area contributed by atoms with Gasteiger partial charge in [-0.3, -0.25) is 4.79 Å². The number of methoxy groups -OCH3 is 1. The zero-order valence-electron chi connectivity index (χ0n) is 17.0. The third-order valence-corrected chi connectivity index (χ3v) is 5.26. The zero-order valence-corrected chi connectivity index (χ0v) is 17.8. The van der Waals surface area contributed by atoms with Crippen molar-refractivity contribution >= 4 is 29.9 Å². The lowest BCUT2D eigenvalue weighted by atomic mass is 10.1. The maximum absolute atomic E-state index is 12.1.